The first-order valence-electron chi connectivity index (χ1n) is 5.68. The average molecular weight is 285 g/mol. The van der Waals surface area contributed by atoms with Gasteiger partial charge in [0, 0.05) is 11.3 Å². The van der Waals surface area contributed by atoms with Crippen molar-refractivity contribution >= 4 is 28.5 Å². The van der Waals surface area contributed by atoms with Crippen LogP contribution in [-0.4, -0.2) is 43.5 Å². The van der Waals surface area contributed by atoms with Crippen LogP contribution < -0.4 is 0 Å². The van der Waals surface area contributed by atoms with Crippen molar-refractivity contribution < 1.29 is 20.1 Å². The SMILES string of the molecule is O=C(O)c1n[nH]c2ccc(C(O)C(O)CCCl)cc12. The predicted molar refractivity (Wildman–Crippen MR) is 69.4 cm³/mol. The minimum atomic E-state index is -1.15. The van der Waals surface area contributed by atoms with Gasteiger partial charge in [-0.2, -0.15) is 5.10 Å². The molecule has 0 saturated heterocycles. The molecule has 1 aromatic heterocycles. The molecule has 2 aromatic rings. The van der Waals surface area contributed by atoms with Crippen LogP contribution in [0.25, 0.3) is 10.9 Å². The normalized spacial score (nSPS) is 14.5. The first kappa shape index (κ1) is 13.8. The Kier molecular flexibility index (Phi) is 4.04. The summed E-state index contributed by atoms with van der Waals surface area (Å²) < 4.78 is 0. The van der Waals surface area contributed by atoms with Crippen molar-refractivity contribution in [3.05, 3.63) is 29.5 Å². The highest BCUT2D eigenvalue weighted by atomic mass is 35.5. The van der Waals surface area contributed by atoms with E-state index in [0.29, 0.717) is 16.5 Å². The number of aromatic nitrogens is 2. The van der Waals surface area contributed by atoms with Crippen molar-refractivity contribution in [3.8, 4) is 0 Å². The number of aliphatic hydroxyl groups is 2. The maximum atomic E-state index is 11.0. The van der Waals surface area contributed by atoms with Crippen molar-refractivity contribution in [2.45, 2.75) is 18.6 Å². The molecule has 7 heteroatoms. The van der Waals surface area contributed by atoms with Gasteiger partial charge < -0.3 is 15.3 Å². The Balaban J connectivity index is 2.39. The van der Waals surface area contributed by atoms with Gasteiger partial charge in [-0.15, -0.1) is 11.6 Å². The van der Waals surface area contributed by atoms with Crippen LogP contribution in [0.2, 0.25) is 0 Å². The third kappa shape index (κ3) is 2.70. The molecule has 0 saturated carbocycles. The monoisotopic (exact) mass is 284 g/mol. The van der Waals surface area contributed by atoms with E-state index in [1.54, 1.807) is 12.1 Å². The van der Waals surface area contributed by atoms with Crippen LogP contribution in [0.15, 0.2) is 18.2 Å². The summed E-state index contributed by atoms with van der Waals surface area (Å²) >= 11 is 5.51. The number of fused-ring (bicyclic) bond motifs is 1. The van der Waals surface area contributed by atoms with E-state index in [1.807, 2.05) is 0 Å². The van der Waals surface area contributed by atoms with Crippen LogP contribution in [0.3, 0.4) is 0 Å². The number of H-pyrrole nitrogens is 1. The van der Waals surface area contributed by atoms with Crippen LogP contribution in [0.1, 0.15) is 28.6 Å². The van der Waals surface area contributed by atoms with Crippen molar-refractivity contribution in [1.82, 2.24) is 10.2 Å². The third-order valence-electron chi connectivity index (χ3n) is 2.90. The molecule has 0 aliphatic heterocycles. The zero-order valence-corrected chi connectivity index (χ0v) is 10.6. The van der Waals surface area contributed by atoms with Crippen LogP contribution in [0, 0.1) is 0 Å². The maximum absolute atomic E-state index is 11.0. The molecule has 1 heterocycles. The highest BCUT2D eigenvalue weighted by Gasteiger charge is 2.20. The molecule has 2 rings (SSSR count). The fourth-order valence-electron chi connectivity index (χ4n) is 1.87. The summed E-state index contributed by atoms with van der Waals surface area (Å²) in [6.45, 7) is 0. The average Bonchev–Trinajstić information content (AvgIpc) is 2.80. The first-order valence-corrected chi connectivity index (χ1v) is 6.21. The Morgan fingerprint density at radius 2 is 2.16 bits per heavy atom. The Hall–Kier alpha value is -1.63. The number of nitrogens with zero attached hydrogens (tertiary/aromatic N) is 1. The van der Waals surface area contributed by atoms with Crippen molar-refractivity contribution in [2.24, 2.45) is 0 Å². The van der Waals surface area contributed by atoms with Crippen molar-refractivity contribution in [2.75, 3.05) is 5.88 Å². The third-order valence-corrected chi connectivity index (χ3v) is 3.12. The van der Waals surface area contributed by atoms with E-state index in [4.69, 9.17) is 16.7 Å². The molecule has 0 spiro atoms. The van der Waals surface area contributed by atoms with Gasteiger partial charge in [-0.25, -0.2) is 4.79 Å². The van der Waals surface area contributed by atoms with Gasteiger partial charge in [0.15, 0.2) is 5.69 Å². The van der Waals surface area contributed by atoms with E-state index in [9.17, 15) is 15.0 Å². The minimum absolute atomic E-state index is 0.115. The Morgan fingerprint density at radius 1 is 1.42 bits per heavy atom. The van der Waals surface area contributed by atoms with Crippen LogP contribution in [0.4, 0.5) is 0 Å². The molecule has 19 heavy (non-hydrogen) atoms. The molecule has 0 bridgehead atoms. The predicted octanol–water partition coefficient (Wildman–Crippen LogP) is 1.28. The van der Waals surface area contributed by atoms with E-state index in [0.717, 1.165) is 0 Å². The number of aromatic amines is 1. The lowest BCUT2D eigenvalue weighted by Crippen LogP contribution is -2.18. The summed E-state index contributed by atoms with van der Waals surface area (Å²) in [6.07, 6.45) is -1.85. The second-order valence-electron chi connectivity index (χ2n) is 4.17. The second kappa shape index (κ2) is 5.56. The van der Waals surface area contributed by atoms with Gasteiger partial charge in [0.2, 0.25) is 0 Å². The number of benzene rings is 1. The Labute approximate surface area is 113 Å². The lowest BCUT2D eigenvalue weighted by molar-refractivity contribution is 0.0171. The highest BCUT2D eigenvalue weighted by Crippen LogP contribution is 2.24. The largest absolute Gasteiger partial charge is 0.476 e. The van der Waals surface area contributed by atoms with Gasteiger partial charge in [-0.3, -0.25) is 5.10 Å². The molecule has 2 atom stereocenters. The lowest BCUT2D eigenvalue weighted by Gasteiger charge is -2.17. The second-order valence-corrected chi connectivity index (χ2v) is 4.55. The standard InChI is InChI=1S/C12H13ClN2O4/c13-4-3-9(16)11(17)6-1-2-8-7(5-6)10(12(18)19)15-14-8/h1-2,5,9,11,16-17H,3-4H2,(H,14,15)(H,18,19). The number of nitrogens with one attached hydrogen (secondary N) is 1. The molecule has 102 valence electrons. The molecular weight excluding hydrogens is 272 g/mol. The number of alkyl halides is 1. The Morgan fingerprint density at radius 3 is 2.79 bits per heavy atom. The molecule has 0 amide bonds. The number of aromatic carboxylic acids is 1. The quantitative estimate of drug-likeness (QED) is 0.619. The molecule has 0 radical (unpaired) electrons. The fourth-order valence-corrected chi connectivity index (χ4v) is 2.09. The number of rotatable bonds is 5. The van der Waals surface area contributed by atoms with Gasteiger partial charge in [-0.1, -0.05) is 6.07 Å². The summed E-state index contributed by atoms with van der Waals surface area (Å²) in [5.74, 6) is -0.925. The molecule has 6 nitrogen and oxygen atoms in total. The summed E-state index contributed by atoms with van der Waals surface area (Å²) in [4.78, 5) is 11.0. The molecule has 2 unspecified atom stereocenters. The smallest absolute Gasteiger partial charge is 0.357 e. The number of halogens is 1. The van der Waals surface area contributed by atoms with Gasteiger partial charge in [-0.05, 0) is 24.1 Å². The zero-order valence-electron chi connectivity index (χ0n) is 9.88. The number of hydrogen-bond donors (Lipinski definition) is 4. The van der Waals surface area contributed by atoms with Gasteiger partial charge >= 0.3 is 5.97 Å². The lowest BCUT2D eigenvalue weighted by atomic mass is 10.0. The van der Waals surface area contributed by atoms with E-state index < -0.39 is 18.2 Å². The molecule has 0 aliphatic rings. The van der Waals surface area contributed by atoms with E-state index >= 15 is 0 Å². The number of carbonyl (C=O) groups is 1. The van der Waals surface area contributed by atoms with Gasteiger partial charge in [0.05, 0.1) is 11.6 Å². The summed E-state index contributed by atoms with van der Waals surface area (Å²) in [5, 5.41) is 35.3. The topological polar surface area (TPSA) is 106 Å². The van der Waals surface area contributed by atoms with E-state index in [2.05, 4.69) is 10.2 Å². The molecule has 0 aliphatic carbocycles. The van der Waals surface area contributed by atoms with E-state index in [-0.39, 0.29) is 18.0 Å². The van der Waals surface area contributed by atoms with Gasteiger partial charge in [0.1, 0.15) is 6.10 Å². The zero-order chi connectivity index (χ0) is 14.0. The van der Waals surface area contributed by atoms with Crippen molar-refractivity contribution in [1.29, 1.82) is 0 Å². The van der Waals surface area contributed by atoms with Crippen LogP contribution in [0.5, 0.6) is 0 Å². The van der Waals surface area contributed by atoms with Crippen LogP contribution in [-0.2, 0) is 0 Å². The number of carboxylic acid groups (broad SMARTS) is 1. The number of hydrogen-bond acceptors (Lipinski definition) is 4. The first-order chi connectivity index (χ1) is 9.04. The van der Waals surface area contributed by atoms with Crippen LogP contribution >= 0.6 is 11.6 Å². The number of aliphatic hydroxyl groups excluding tert-OH is 2. The molecular formula is C12H13ClN2O4. The van der Waals surface area contributed by atoms with E-state index in [1.165, 1.54) is 6.07 Å². The summed E-state index contributed by atoms with van der Waals surface area (Å²) in [7, 11) is 0. The fraction of sp³-hybridized carbons (Fsp3) is 0.333. The summed E-state index contributed by atoms with van der Waals surface area (Å²) in [6, 6.07) is 4.72. The highest BCUT2D eigenvalue weighted by molar-refractivity contribution is 6.17. The Bertz CT molecular complexity index is 598. The minimum Gasteiger partial charge on any atom is -0.476 e. The van der Waals surface area contributed by atoms with Gasteiger partial charge in [0.25, 0.3) is 0 Å². The van der Waals surface area contributed by atoms with Crippen molar-refractivity contribution in [3.63, 3.8) is 0 Å². The maximum Gasteiger partial charge on any atom is 0.357 e. The molecule has 0 fully saturated rings. The molecule has 4 N–H and O–H groups in total. The summed E-state index contributed by atoms with van der Waals surface area (Å²) in [5.41, 5.74) is 0.866. The number of carboxylic acids is 1. The molecule has 1 aromatic carbocycles.